The Kier molecular flexibility index (Phi) is 29.7. The third-order valence-electron chi connectivity index (χ3n) is 33.1. The van der Waals surface area contributed by atoms with Crippen molar-refractivity contribution in [3.63, 3.8) is 0 Å². The van der Waals surface area contributed by atoms with E-state index < -0.39 is 39.9 Å². The molecule has 740 valence electrons. The van der Waals surface area contributed by atoms with Crippen LogP contribution >= 0.6 is 0 Å². The van der Waals surface area contributed by atoms with E-state index in [0.717, 1.165) is 114 Å². The molecule has 0 atom stereocenters. The van der Waals surface area contributed by atoms with Crippen molar-refractivity contribution in [1.82, 2.24) is 0 Å². The van der Waals surface area contributed by atoms with Crippen molar-refractivity contribution in [3.05, 3.63) is 538 Å². The third kappa shape index (κ3) is 19.8. The Balaban J connectivity index is 0.000000134. The second-order valence-corrected chi connectivity index (χ2v) is 43.3. The van der Waals surface area contributed by atoms with E-state index in [0.29, 0.717) is 21.8 Å². The summed E-state index contributed by atoms with van der Waals surface area (Å²) < 4.78 is 45.3. The van der Waals surface area contributed by atoms with Crippen LogP contribution in [0, 0.1) is 96.3 Å². The summed E-state index contributed by atoms with van der Waals surface area (Å²) in [5.74, 6) is -0.922. The zero-order chi connectivity index (χ0) is 104. The maximum absolute atomic E-state index is 14.2. The molecule has 0 amide bonds. The number of non-ortho nitro benzene ring substituents is 3. The minimum Gasteiger partial charge on any atom is -0.508 e. The number of halogens is 3. The van der Waals surface area contributed by atoms with Gasteiger partial charge < -0.3 is 17.6 Å². The molecule has 13 nitrogen and oxygen atoms in total. The van der Waals surface area contributed by atoms with Gasteiger partial charge in [0.25, 0.3) is 42.2 Å². The Bertz CT molecular complexity index is 7200. The maximum atomic E-state index is 14.2. The minimum atomic E-state index is -2.01. The molecule has 0 fully saturated rings. The Hall–Kier alpha value is -15.4. The van der Waals surface area contributed by atoms with Gasteiger partial charge in [-0.2, -0.15) is 0 Å². The molecule has 4 heterocycles. The van der Waals surface area contributed by atoms with Crippen LogP contribution < -0.4 is 43.7 Å². The van der Waals surface area contributed by atoms with Crippen LogP contribution in [0.25, 0.3) is 44.2 Å². The molecule has 0 bridgehead atoms. The lowest BCUT2D eigenvalue weighted by Crippen LogP contribution is -2.79. The molecule has 0 aliphatic carbocycles. The summed E-state index contributed by atoms with van der Waals surface area (Å²) in [5, 5.41) is 34.7. The number of nitrogens with zero attached hydrogens (tertiary/aromatic N) is 7. The van der Waals surface area contributed by atoms with Crippen molar-refractivity contribution < 1.29 is 45.5 Å². The minimum absolute atomic E-state index is 0.0374. The number of aryl methyl sites for hydroxylation is 7. The Morgan fingerprint density at radius 2 is 0.347 bits per heavy atom. The second-order valence-electron chi connectivity index (χ2n) is 43.3. The van der Waals surface area contributed by atoms with E-state index in [-0.39, 0.29) is 34.5 Å². The molecule has 20 heteroatoms. The first kappa shape index (κ1) is 103. The molecule has 16 aromatic carbocycles. The first-order valence-corrected chi connectivity index (χ1v) is 51.0. The molecule has 0 saturated heterocycles. The molecule has 0 radical (unpaired) electrons. The fraction of sp³-hybridized carbons (Fsp3) is 0.181. The van der Waals surface area contributed by atoms with Crippen LogP contribution in [0.4, 0.5) is 30.2 Å². The molecule has 20 rings (SSSR count). The second kappa shape index (κ2) is 42.3. The van der Waals surface area contributed by atoms with Crippen LogP contribution in [0.3, 0.4) is 0 Å². The van der Waals surface area contributed by atoms with Gasteiger partial charge in [-0.05, 0) is 107 Å². The maximum Gasteiger partial charge on any atom is 0.291 e. The number of benzene rings is 16. The molecule has 0 N–H and O–H groups in total. The normalized spacial score (nSPS) is 16.5. The van der Waals surface area contributed by atoms with E-state index in [2.05, 4.69) is 347 Å². The lowest BCUT2D eigenvalue weighted by molar-refractivity contribution is -0.786. The van der Waals surface area contributed by atoms with Crippen molar-refractivity contribution >= 4 is 130 Å². The summed E-state index contributed by atoms with van der Waals surface area (Å²) in [7, 11) is 18.3. The third-order valence-corrected chi connectivity index (χ3v) is 33.1. The quantitative estimate of drug-likeness (QED) is 0.0450. The lowest BCUT2D eigenvalue weighted by atomic mass is 9.19. The summed E-state index contributed by atoms with van der Waals surface area (Å²) in [6.45, 7) is 18.7. The predicted octanol–water partition coefficient (Wildman–Crippen LogP) is 23.8. The number of quaternary nitrogens is 4. The highest BCUT2D eigenvalue weighted by molar-refractivity contribution is 7.13. The molecule has 16 aromatic rings. The topological polar surface area (TPSA) is 129 Å². The number of nitro benzene ring substituents is 3. The molecule has 0 saturated carbocycles. The summed E-state index contributed by atoms with van der Waals surface area (Å²) in [5.41, 5.74) is 37.1. The van der Waals surface area contributed by atoms with Crippen LogP contribution in [0.1, 0.15) is 109 Å². The highest BCUT2D eigenvalue weighted by atomic mass is 19.1. The van der Waals surface area contributed by atoms with Crippen molar-refractivity contribution in [2.45, 2.75) is 74.1 Å². The van der Waals surface area contributed by atoms with Gasteiger partial charge in [-0.25, -0.2) is 13.2 Å². The Morgan fingerprint density at radius 3 is 0.565 bits per heavy atom. The fourth-order valence-electron chi connectivity index (χ4n) is 25.7. The van der Waals surface area contributed by atoms with Crippen LogP contribution in [-0.2, 0) is 0 Å². The number of hydrogen-bond acceptors (Lipinski definition) is 6. The van der Waals surface area contributed by atoms with Crippen LogP contribution in [0.2, 0.25) is 0 Å². The number of hydrogen-bond donors (Lipinski definition) is 0. The first-order valence-electron chi connectivity index (χ1n) is 51.0. The average molecular weight is 1950 g/mol. The lowest BCUT2D eigenvalue weighted by Gasteiger charge is -2.61. The molecule has 147 heavy (non-hydrogen) atoms. The molecular formula is C127H128B4F3N7O6. The van der Waals surface area contributed by atoms with Gasteiger partial charge in [-0.15, -0.1) is 65.6 Å². The molecule has 4 aliphatic rings. The van der Waals surface area contributed by atoms with Gasteiger partial charge >= 0.3 is 0 Å². The van der Waals surface area contributed by atoms with E-state index in [1.807, 2.05) is 55.5 Å². The van der Waals surface area contributed by atoms with E-state index in [4.69, 9.17) is 0 Å². The van der Waals surface area contributed by atoms with Crippen molar-refractivity contribution in [2.75, 3.05) is 82.6 Å². The smallest absolute Gasteiger partial charge is 0.291 e. The average Bonchev–Trinajstić information content (AvgIpc) is 0.705. The SMILES string of the molecule is Cc1ccc(C2=C(c3ccc(C)cc3)[B-](c3ccc(C)cc3)(c3ccc(C)cc3)[N+](C)(C)CC2)cc1.Cc1ccc(C2=C(c3ccc(F)cc3)[B-](c3ccc(F)cc3)(c3ccc(F)cc3)[N+](C)(C)CC2)cc1.Cc1ccc(C2=C(c3ccc([N+](=O)[O-])cc3)[B-](c3ccc([N+](=O)[O-])cc3)(c3ccc([N+](=O)[O-])cc3)[N+](C)(C)CC2)cc1.Cc1ccc(C2=C(c3ccccc3)[B-](c3ccccc3)(c3ccccc3)[N+](C)(C)CC2)cc1. The standard InChI is InChI=1S/C34H38BN.C31H29BF3N.C31H29BN4O6.C31H32BN/c1-25-7-15-29(16-8-25)33-23-24-36(5,6)35(31-19-11-27(3)12-20-31,32-21-13-28(4)14-22-32)34(33)30-17-9-26(2)10-18-30;1-22-4-6-23(7-5-22)30-20-21-36(2,3)32(25-10-16-28(34)17-11-25,26-12-18-29(35)19-13-26)31(30)24-8-14-27(33)15-9-24;1-22-4-6-23(7-5-22)30-20-21-36(2,3)32(25-10-16-28(17-11-25)34(39)40,26-12-18-29(19-13-26)35(41)42)31(30)24-8-14-27(15-9-24)33(37)38;1-25-19-21-26(22-20-25)30-23-24-33(2,3)32(28-15-9-5-10-16-28,29-17-11-6-12-18-29)31(30)27-13-7-4-8-14-27/h7-22H,23-24H2,1-6H3;4-19H,20-21H2,1-3H3;4-19H,20-21H2,1-3H3;4-22H,23-24H2,1-3H3. The van der Waals surface area contributed by atoms with Gasteiger partial charge in [-0.1, -0.05) is 417 Å². The van der Waals surface area contributed by atoms with Crippen molar-refractivity contribution in [3.8, 4) is 0 Å². The number of nitro groups is 3. The summed E-state index contributed by atoms with van der Waals surface area (Å²) in [6.07, 6.45) is -2.81. The largest absolute Gasteiger partial charge is 0.508 e. The van der Waals surface area contributed by atoms with Crippen molar-refractivity contribution in [2.24, 2.45) is 0 Å². The first-order chi connectivity index (χ1) is 70.4. The van der Waals surface area contributed by atoms with Crippen LogP contribution in [0.5, 0.6) is 0 Å². The summed E-state index contributed by atoms with van der Waals surface area (Å²) in [6, 6.07) is 136. The number of rotatable bonds is 19. The van der Waals surface area contributed by atoms with Gasteiger partial charge in [0.2, 0.25) is 0 Å². The molecule has 0 aromatic heterocycles. The van der Waals surface area contributed by atoms with E-state index in [1.165, 1.54) is 178 Å². The van der Waals surface area contributed by atoms with Crippen LogP contribution in [-0.4, -0.2) is 140 Å². The van der Waals surface area contributed by atoms with Gasteiger partial charge in [0.1, 0.15) is 17.5 Å². The zero-order valence-corrected chi connectivity index (χ0v) is 86.9. The fourth-order valence-corrected chi connectivity index (χ4v) is 25.7. The van der Waals surface area contributed by atoms with E-state index in [9.17, 15) is 43.5 Å². The van der Waals surface area contributed by atoms with E-state index >= 15 is 0 Å². The monoisotopic (exact) mass is 1950 g/mol. The Labute approximate surface area is 864 Å². The Morgan fingerprint density at radius 1 is 0.197 bits per heavy atom. The molecule has 0 unspecified atom stereocenters. The summed E-state index contributed by atoms with van der Waals surface area (Å²) >= 11 is 0. The highest BCUT2D eigenvalue weighted by Crippen LogP contribution is 2.50. The van der Waals surface area contributed by atoms with Gasteiger partial charge in [-0.3, -0.25) is 30.3 Å². The highest BCUT2D eigenvalue weighted by Gasteiger charge is 2.56. The molecule has 0 spiro atoms. The predicted molar refractivity (Wildman–Crippen MR) is 610 cm³/mol. The summed E-state index contributed by atoms with van der Waals surface area (Å²) in [4.78, 5) is 33.4. The zero-order valence-electron chi connectivity index (χ0n) is 86.9. The molecular weight excluding hydrogens is 1820 g/mol. The van der Waals surface area contributed by atoms with Gasteiger partial charge in [0.15, 0.2) is 0 Å². The molecule has 4 aliphatic heterocycles. The van der Waals surface area contributed by atoms with Crippen molar-refractivity contribution in [1.29, 1.82) is 0 Å². The van der Waals surface area contributed by atoms with Crippen LogP contribution in [0.15, 0.2) is 406 Å². The van der Waals surface area contributed by atoms with Gasteiger partial charge in [0, 0.05) is 145 Å². The van der Waals surface area contributed by atoms with E-state index in [1.54, 1.807) is 36.4 Å². The van der Waals surface area contributed by atoms with Gasteiger partial charge in [0.05, 0.1) is 14.8 Å².